The van der Waals surface area contributed by atoms with Gasteiger partial charge in [0.1, 0.15) is 5.54 Å². The largest absolute Gasteiger partial charge is 0.325 e. The second kappa shape index (κ2) is 5.06. The zero-order chi connectivity index (χ0) is 16.0. The number of aryl methyl sites for hydroxylation is 1. The minimum Gasteiger partial charge on any atom is -0.319 e. The molecule has 2 aromatic rings. The van der Waals surface area contributed by atoms with Gasteiger partial charge in [-0.05, 0) is 48.2 Å². The van der Waals surface area contributed by atoms with Crippen molar-refractivity contribution in [3.8, 4) is 0 Å². The Balaban J connectivity index is 1.69. The fraction of sp³-hybridized carbons (Fsp3) is 0.235. The van der Waals surface area contributed by atoms with Crippen LogP contribution in [-0.2, 0) is 23.3 Å². The first-order valence-electron chi connectivity index (χ1n) is 7.43. The maximum Gasteiger partial charge on any atom is 0.325 e. The van der Waals surface area contributed by atoms with Gasteiger partial charge in [-0.15, -0.1) is 0 Å². The van der Waals surface area contributed by atoms with E-state index in [0.717, 1.165) is 17.5 Å². The monoisotopic (exact) mass is 327 g/mol. The molecule has 1 aliphatic heterocycles. The highest BCUT2D eigenvalue weighted by Gasteiger charge is 2.55. The van der Waals surface area contributed by atoms with Gasteiger partial charge in [-0.3, -0.25) is 14.7 Å². The number of nitrogens with zero attached hydrogens (tertiary/aromatic N) is 2. The molecule has 1 aliphatic carbocycles. The Bertz CT molecular complexity index is 809. The van der Waals surface area contributed by atoms with Gasteiger partial charge in [0.05, 0.1) is 12.2 Å². The lowest BCUT2D eigenvalue weighted by molar-refractivity contribution is -0.132. The number of amides is 3. The molecule has 1 fully saturated rings. The van der Waals surface area contributed by atoms with Crippen molar-refractivity contribution in [2.45, 2.75) is 24.9 Å². The van der Waals surface area contributed by atoms with Crippen LogP contribution in [0.25, 0.3) is 0 Å². The summed E-state index contributed by atoms with van der Waals surface area (Å²) in [5.74, 6) is -0.214. The summed E-state index contributed by atoms with van der Waals surface area (Å²) in [6.45, 7) is 0.177. The smallest absolute Gasteiger partial charge is 0.319 e. The van der Waals surface area contributed by atoms with Crippen LogP contribution in [0, 0.1) is 0 Å². The summed E-state index contributed by atoms with van der Waals surface area (Å²) < 4.78 is 0. The maximum absolute atomic E-state index is 13.0. The lowest BCUT2D eigenvalue weighted by Crippen LogP contribution is -2.41. The fourth-order valence-electron chi connectivity index (χ4n) is 3.42. The third-order valence-electron chi connectivity index (χ3n) is 4.52. The molecule has 3 amide bonds. The van der Waals surface area contributed by atoms with Crippen molar-refractivity contribution < 1.29 is 9.59 Å². The molecule has 116 valence electrons. The molecule has 1 saturated heterocycles. The van der Waals surface area contributed by atoms with E-state index in [9.17, 15) is 9.59 Å². The molecule has 0 saturated carbocycles. The molecule has 1 spiro atoms. The SMILES string of the molecule is O=C1NC2(CCc3cc(Cl)ccc32)C(=O)N1Cc1ccccn1. The van der Waals surface area contributed by atoms with Gasteiger partial charge >= 0.3 is 6.03 Å². The number of carbonyl (C=O) groups excluding carboxylic acids is 2. The topological polar surface area (TPSA) is 62.3 Å². The number of rotatable bonds is 2. The van der Waals surface area contributed by atoms with Gasteiger partial charge in [-0.2, -0.15) is 0 Å². The van der Waals surface area contributed by atoms with E-state index in [0.29, 0.717) is 17.1 Å². The van der Waals surface area contributed by atoms with Crippen LogP contribution >= 0.6 is 11.6 Å². The molecule has 2 aliphatic rings. The van der Waals surface area contributed by atoms with Crippen molar-refractivity contribution in [1.82, 2.24) is 15.2 Å². The Morgan fingerprint density at radius 3 is 2.91 bits per heavy atom. The summed E-state index contributed by atoms with van der Waals surface area (Å²) in [5, 5.41) is 3.53. The fourth-order valence-corrected chi connectivity index (χ4v) is 3.61. The highest BCUT2D eigenvalue weighted by molar-refractivity contribution is 6.30. The highest BCUT2D eigenvalue weighted by Crippen LogP contribution is 2.42. The molecule has 1 N–H and O–H groups in total. The second-order valence-corrected chi connectivity index (χ2v) is 6.29. The lowest BCUT2D eigenvalue weighted by Gasteiger charge is -2.22. The highest BCUT2D eigenvalue weighted by atomic mass is 35.5. The minimum atomic E-state index is -0.953. The van der Waals surface area contributed by atoms with E-state index in [1.165, 1.54) is 4.90 Å². The van der Waals surface area contributed by atoms with Gasteiger partial charge in [0.15, 0.2) is 0 Å². The third kappa shape index (κ3) is 2.11. The molecule has 0 radical (unpaired) electrons. The maximum atomic E-state index is 13.0. The summed E-state index contributed by atoms with van der Waals surface area (Å²) in [4.78, 5) is 30.8. The van der Waals surface area contributed by atoms with E-state index in [-0.39, 0.29) is 18.5 Å². The number of carbonyl (C=O) groups is 2. The van der Waals surface area contributed by atoms with Crippen LogP contribution in [0.2, 0.25) is 5.02 Å². The quantitative estimate of drug-likeness (QED) is 0.862. The van der Waals surface area contributed by atoms with Gasteiger partial charge in [0, 0.05) is 11.2 Å². The van der Waals surface area contributed by atoms with Crippen molar-refractivity contribution >= 4 is 23.5 Å². The molecule has 0 bridgehead atoms. The normalized spacial score (nSPS) is 22.6. The molecule has 1 unspecified atom stereocenters. The summed E-state index contributed by atoms with van der Waals surface area (Å²) in [5.41, 5.74) is 1.60. The van der Waals surface area contributed by atoms with E-state index < -0.39 is 5.54 Å². The van der Waals surface area contributed by atoms with Crippen molar-refractivity contribution in [2.75, 3.05) is 0 Å². The first kappa shape index (κ1) is 14.2. The first-order valence-corrected chi connectivity index (χ1v) is 7.81. The number of aromatic nitrogens is 1. The van der Waals surface area contributed by atoms with Crippen molar-refractivity contribution in [3.05, 3.63) is 64.4 Å². The number of pyridine rings is 1. The molecule has 1 aromatic carbocycles. The Morgan fingerprint density at radius 1 is 1.26 bits per heavy atom. The van der Waals surface area contributed by atoms with E-state index in [1.54, 1.807) is 24.4 Å². The summed E-state index contributed by atoms with van der Waals surface area (Å²) in [7, 11) is 0. The van der Waals surface area contributed by atoms with Crippen LogP contribution in [0.4, 0.5) is 4.79 Å². The van der Waals surface area contributed by atoms with E-state index in [1.807, 2.05) is 18.2 Å². The van der Waals surface area contributed by atoms with Crippen molar-refractivity contribution in [2.24, 2.45) is 0 Å². The number of nitrogens with one attached hydrogen (secondary N) is 1. The van der Waals surface area contributed by atoms with Crippen molar-refractivity contribution in [3.63, 3.8) is 0 Å². The van der Waals surface area contributed by atoms with Crippen LogP contribution < -0.4 is 5.32 Å². The average Bonchev–Trinajstić information content (AvgIpc) is 3.02. The van der Waals surface area contributed by atoms with E-state index in [2.05, 4.69) is 10.3 Å². The molecule has 2 heterocycles. The number of halogens is 1. The summed E-state index contributed by atoms with van der Waals surface area (Å²) in [6, 6.07) is 10.5. The number of urea groups is 1. The molecule has 1 aromatic heterocycles. The molecule has 1 atom stereocenters. The summed E-state index contributed by atoms with van der Waals surface area (Å²) in [6.07, 6.45) is 2.93. The van der Waals surface area contributed by atoms with Crippen LogP contribution in [0.15, 0.2) is 42.6 Å². The number of fused-ring (bicyclic) bond motifs is 2. The Labute approximate surface area is 138 Å². The zero-order valence-corrected chi connectivity index (χ0v) is 13.0. The summed E-state index contributed by atoms with van der Waals surface area (Å²) >= 11 is 6.03. The van der Waals surface area contributed by atoms with Gasteiger partial charge in [-0.25, -0.2) is 4.79 Å². The average molecular weight is 328 g/mol. The Kier molecular flexibility index (Phi) is 3.13. The molecule has 4 rings (SSSR count). The van der Waals surface area contributed by atoms with Crippen LogP contribution in [0.3, 0.4) is 0 Å². The Morgan fingerprint density at radius 2 is 2.13 bits per heavy atom. The van der Waals surface area contributed by atoms with Gasteiger partial charge in [-0.1, -0.05) is 23.7 Å². The third-order valence-corrected chi connectivity index (χ3v) is 4.75. The molecule has 6 heteroatoms. The number of hydrogen-bond acceptors (Lipinski definition) is 3. The number of imide groups is 1. The molecular weight excluding hydrogens is 314 g/mol. The van der Waals surface area contributed by atoms with Gasteiger partial charge in [0.2, 0.25) is 0 Å². The minimum absolute atomic E-state index is 0.177. The second-order valence-electron chi connectivity index (χ2n) is 5.85. The van der Waals surface area contributed by atoms with E-state index >= 15 is 0 Å². The lowest BCUT2D eigenvalue weighted by atomic mass is 9.92. The zero-order valence-electron chi connectivity index (χ0n) is 12.3. The van der Waals surface area contributed by atoms with Crippen LogP contribution in [-0.4, -0.2) is 21.8 Å². The molecule has 5 nitrogen and oxygen atoms in total. The van der Waals surface area contributed by atoms with Crippen LogP contribution in [0.5, 0.6) is 0 Å². The van der Waals surface area contributed by atoms with Gasteiger partial charge < -0.3 is 5.32 Å². The first-order chi connectivity index (χ1) is 11.1. The Hall–Kier alpha value is -2.40. The molecular formula is C17H14ClN3O2. The van der Waals surface area contributed by atoms with Crippen LogP contribution in [0.1, 0.15) is 23.2 Å². The number of benzene rings is 1. The predicted octanol–water partition coefficient (Wildman–Crippen LogP) is 2.63. The standard InChI is InChI=1S/C17H14ClN3O2/c18-12-4-5-14-11(9-12)6-7-17(14)15(22)21(16(23)20-17)10-13-3-1-2-8-19-13/h1-5,8-9H,6-7,10H2,(H,20,23). The van der Waals surface area contributed by atoms with Crippen molar-refractivity contribution in [1.29, 1.82) is 0 Å². The number of hydrogen-bond donors (Lipinski definition) is 1. The molecule has 23 heavy (non-hydrogen) atoms. The van der Waals surface area contributed by atoms with Gasteiger partial charge in [0.25, 0.3) is 5.91 Å². The van der Waals surface area contributed by atoms with E-state index in [4.69, 9.17) is 11.6 Å². The predicted molar refractivity (Wildman–Crippen MR) is 84.8 cm³/mol.